The average molecular weight is 283 g/mol. The van der Waals surface area contributed by atoms with Crippen LogP contribution in [0.2, 0.25) is 0 Å². The van der Waals surface area contributed by atoms with Gasteiger partial charge in [0.25, 0.3) is 0 Å². The quantitative estimate of drug-likeness (QED) is 0.660. The van der Waals surface area contributed by atoms with Gasteiger partial charge in [0.05, 0.1) is 23.8 Å². The van der Waals surface area contributed by atoms with E-state index in [9.17, 15) is 5.11 Å². The Hall–Kier alpha value is -2.67. The molecule has 1 aliphatic heterocycles. The van der Waals surface area contributed by atoms with Gasteiger partial charge < -0.3 is 14.6 Å². The summed E-state index contributed by atoms with van der Waals surface area (Å²) in [7, 11) is 0. The molecule has 21 heavy (non-hydrogen) atoms. The summed E-state index contributed by atoms with van der Waals surface area (Å²) in [4.78, 5) is 11.8. The summed E-state index contributed by atoms with van der Waals surface area (Å²) in [6, 6.07) is 6.74. The Balaban J connectivity index is 1.61. The van der Waals surface area contributed by atoms with E-state index in [-0.39, 0.29) is 11.8 Å². The van der Waals surface area contributed by atoms with Crippen LogP contribution in [-0.2, 0) is 13.0 Å². The molecule has 0 radical (unpaired) electrons. The van der Waals surface area contributed by atoms with Gasteiger partial charge in [0, 0.05) is 18.5 Å². The second kappa shape index (κ2) is 4.71. The van der Waals surface area contributed by atoms with Crippen LogP contribution in [-0.4, -0.2) is 25.2 Å². The molecule has 1 aromatic carbocycles. The van der Waals surface area contributed by atoms with Crippen molar-refractivity contribution in [3.63, 3.8) is 0 Å². The molecular weight excluding hydrogens is 270 g/mol. The summed E-state index contributed by atoms with van der Waals surface area (Å²) in [5.74, 6) is 1.17. The molecule has 106 valence electrons. The molecule has 1 aliphatic rings. The van der Waals surface area contributed by atoms with Crippen molar-refractivity contribution in [2.45, 2.75) is 19.0 Å². The Morgan fingerprint density at radius 3 is 3.19 bits per heavy atom. The Morgan fingerprint density at radius 2 is 2.29 bits per heavy atom. The third kappa shape index (κ3) is 2.17. The highest BCUT2D eigenvalue weighted by molar-refractivity contribution is 5.56. The monoisotopic (exact) mass is 283 g/mol. The molecule has 7 nitrogen and oxygen atoms in total. The molecule has 3 heterocycles. The normalized spacial score (nSPS) is 17.6. The molecule has 1 unspecified atom stereocenters. The number of benzene rings is 1. The van der Waals surface area contributed by atoms with E-state index in [0.29, 0.717) is 24.7 Å². The Bertz CT molecular complexity index is 779. The Kier molecular flexibility index (Phi) is 2.71. The summed E-state index contributed by atoms with van der Waals surface area (Å²) in [6.45, 7) is 0.698. The molecule has 1 atom stereocenters. The fraction of sp³-hybridized carbons (Fsp3) is 0.214. The summed E-state index contributed by atoms with van der Waals surface area (Å²) < 4.78 is 5.35. The smallest absolute Gasteiger partial charge is 0.244 e. The molecule has 0 amide bonds. The topological polar surface area (TPSA) is 99.9 Å². The number of fused-ring (bicyclic) bond motifs is 1. The molecule has 0 spiro atoms. The number of aromatic amines is 1. The molecule has 7 heteroatoms. The zero-order valence-electron chi connectivity index (χ0n) is 11.1. The Morgan fingerprint density at radius 1 is 1.33 bits per heavy atom. The number of nitrogens with one attached hydrogen (secondary N) is 2. The van der Waals surface area contributed by atoms with Gasteiger partial charge in [-0.1, -0.05) is 17.3 Å². The number of imidazole rings is 1. The molecule has 4 rings (SSSR count). The molecule has 0 saturated heterocycles. The van der Waals surface area contributed by atoms with Gasteiger partial charge in [-0.05, 0) is 12.1 Å². The molecule has 0 fully saturated rings. The van der Waals surface area contributed by atoms with Crippen molar-refractivity contribution in [1.29, 1.82) is 0 Å². The molecular formula is C14H13N5O2. The summed E-state index contributed by atoms with van der Waals surface area (Å²) >= 11 is 0. The maximum Gasteiger partial charge on any atom is 0.244 e. The van der Waals surface area contributed by atoms with Crippen LogP contribution in [0.25, 0.3) is 11.4 Å². The first-order valence-electron chi connectivity index (χ1n) is 6.67. The lowest BCUT2D eigenvalue weighted by atomic mass is 10.1. The number of hydrogen-bond acceptors (Lipinski definition) is 6. The number of aromatic nitrogens is 4. The SMILES string of the molecule is Oc1cccc(-c2noc(C3Cc4nc[nH]c4CN3)n2)c1. The Labute approximate surface area is 120 Å². The minimum absolute atomic E-state index is 0.0423. The van der Waals surface area contributed by atoms with Gasteiger partial charge in [0.1, 0.15) is 5.75 Å². The van der Waals surface area contributed by atoms with Gasteiger partial charge in [-0.25, -0.2) is 4.98 Å². The maximum atomic E-state index is 9.51. The van der Waals surface area contributed by atoms with Crippen molar-refractivity contribution in [2.75, 3.05) is 0 Å². The van der Waals surface area contributed by atoms with E-state index in [1.807, 2.05) is 6.07 Å². The van der Waals surface area contributed by atoms with Crippen molar-refractivity contribution in [2.24, 2.45) is 0 Å². The average Bonchev–Trinajstić information content (AvgIpc) is 3.15. The number of phenols is 1. The van der Waals surface area contributed by atoms with Crippen molar-refractivity contribution in [3.8, 4) is 17.1 Å². The van der Waals surface area contributed by atoms with Gasteiger partial charge >= 0.3 is 0 Å². The second-order valence-corrected chi connectivity index (χ2v) is 4.97. The van der Waals surface area contributed by atoms with Gasteiger partial charge in [0.2, 0.25) is 11.7 Å². The maximum absolute atomic E-state index is 9.51. The van der Waals surface area contributed by atoms with Crippen LogP contribution in [0.15, 0.2) is 35.1 Å². The lowest BCUT2D eigenvalue weighted by molar-refractivity contribution is 0.319. The van der Waals surface area contributed by atoms with Gasteiger partial charge in [-0.3, -0.25) is 5.32 Å². The number of aromatic hydroxyl groups is 1. The number of hydrogen-bond donors (Lipinski definition) is 3. The van der Waals surface area contributed by atoms with Gasteiger partial charge in [-0.15, -0.1) is 0 Å². The van der Waals surface area contributed by atoms with E-state index < -0.39 is 0 Å². The van der Waals surface area contributed by atoms with E-state index in [4.69, 9.17) is 4.52 Å². The largest absolute Gasteiger partial charge is 0.508 e. The van der Waals surface area contributed by atoms with Crippen molar-refractivity contribution in [1.82, 2.24) is 25.4 Å². The lowest BCUT2D eigenvalue weighted by Gasteiger charge is -2.19. The van der Waals surface area contributed by atoms with Crippen molar-refractivity contribution in [3.05, 3.63) is 47.9 Å². The highest BCUT2D eigenvalue weighted by Gasteiger charge is 2.26. The minimum Gasteiger partial charge on any atom is -0.508 e. The highest BCUT2D eigenvalue weighted by atomic mass is 16.5. The first-order valence-corrected chi connectivity index (χ1v) is 6.67. The van der Waals surface area contributed by atoms with E-state index in [1.165, 1.54) is 0 Å². The number of nitrogens with zero attached hydrogens (tertiary/aromatic N) is 3. The summed E-state index contributed by atoms with van der Waals surface area (Å²) in [6.07, 6.45) is 2.40. The molecule has 0 aliphatic carbocycles. The molecule has 0 bridgehead atoms. The predicted molar refractivity (Wildman–Crippen MR) is 73.3 cm³/mol. The number of phenolic OH excluding ortho intramolecular Hbond substituents is 1. The van der Waals surface area contributed by atoms with Crippen LogP contribution >= 0.6 is 0 Å². The van der Waals surface area contributed by atoms with Crippen LogP contribution in [0, 0.1) is 0 Å². The zero-order chi connectivity index (χ0) is 14.2. The summed E-state index contributed by atoms with van der Waals surface area (Å²) in [5, 5.41) is 16.8. The third-order valence-corrected chi connectivity index (χ3v) is 3.57. The first-order chi connectivity index (χ1) is 10.3. The van der Waals surface area contributed by atoms with E-state index >= 15 is 0 Å². The molecule has 3 N–H and O–H groups in total. The third-order valence-electron chi connectivity index (χ3n) is 3.57. The lowest BCUT2D eigenvalue weighted by Crippen LogP contribution is -2.28. The van der Waals surface area contributed by atoms with Crippen molar-refractivity contribution >= 4 is 0 Å². The first kappa shape index (κ1) is 12.1. The van der Waals surface area contributed by atoms with Crippen LogP contribution in [0.5, 0.6) is 5.75 Å². The zero-order valence-corrected chi connectivity index (χ0v) is 11.1. The fourth-order valence-corrected chi connectivity index (χ4v) is 2.48. The highest BCUT2D eigenvalue weighted by Crippen LogP contribution is 2.26. The molecule has 0 saturated carbocycles. The van der Waals surface area contributed by atoms with Crippen LogP contribution < -0.4 is 5.32 Å². The molecule has 2 aromatic heterocycles. The van der Waals surface area contributed by atoms with E-state index in [2.05, 4.69) is 25.4 Å². The van der Waals surface area contributed by atoms with E-state index in [0.717, 1.165) is 17.0 Å². The number of H-pyrrole nitrogens is 1. The minimum atomic E-state index is -0.0423. The van der Waals surface area contributed by atoms with Crippen molar-refractivity contribution < 1.29 is 9.63 Å². The van der Waals surface area contributed by atoms with Gasteiger partial charge in [0.15, 0.2) is 0 Å². The van der Waals surface area contributed by atoms with Crippen LogP contribution in [0.1, 0.15) is 23.3 Å². The predicted octanol–water partition coefficient (Wildman–Crippen LogP) is 1.55. The second-order valence-electron chi connectivity index (χ2n) is 4.97. The van der Waals surface area contributed by atoms with E-state index in [1.54, 1.807) is 24.5 Å². The van der Waals surface area contributed by atoms with Crippen LogP contribution in [0.3, 0.4) is 0 Å². The van der Waals surface area contributed by atoms with Crippen LogP contribution in [0.4, 0.5) is 0 Å². The summed E-state index contributed by atoms with van der Waals surface area (Å²) in [5.41, 5.74) is 2.84. The number of rotatable bonds is 2. The van der Waals surface area contributed by atoms with Gasteiger partial charge in [-0.2, -0.15) is 4.98 Å². The molecule has 3 aromatic rings. The standard InChI is InChI=1S/C14H13N5O2/c20-9-3-1-2-8(4-9)13-18-14(21-19-13)11-5-10-12(6-15-11)17-7-16-10/h1-4,7,11,15,20H,5-6H2,(H,16,17). The fourth-order valence-electron chi connectivity index (χ4n) is 2.48.